The highest BCUT2D eigenvalue weighted by Crippen LogP contribution is 2.22. The molecular weight excluding hydrogens is 309 g/mol. The summed E-state index contributed by atoms with van der Waals surface area (Å²) in [6.07, 6.45) is 2.08. The maximum atomic E-state index is 13.1. The number of halogens is 1. The lowest BCUT2D eigenvalue weighted by atomic mass is 10.3. The fourth-order valence-electron chi connectivity index (χ4n) is 1.74. The number of primary amides is 1. The molecule has 2 rings (SSSR count). The molecule has 6 nitrogen and oxygen atoms in total. The molecule has 0 saturated carbocycles. The molecule has 1 aromatic heterocycles. The largest absolute Gasteiger partial charge is 0.448 e. The molecule has 1 heterocycles. The average Bonchev–Trinajstić information content (AvgIpc) is 2.91. The lowest BCUT2D eigenvalue weighted by molar-refractivity contribution is -0.125. The van der Waals surface area contributed by atoms with Gasteiger partial charge in [-0.05, 0) is 37.4 Å². The van der Waals surface area contributed by atoms with E-state index >= 15 is 0 Å². The van der Waals surface area contributed by atoms with Crippen LogP contribution in [-0.4, -0.2) is 33.8 Å². The third-order valence-electron chi connectivity index (χ3n) is 2.89. The number of imidazole rings is 1. The first kappa shape index (κ1) is 16.0. The van der Waals surface area contributed by atoms with Gasteiger partial charge in [-0.25, -0.2) is 14.2 Å². The number of benzene rings is 1. The first-order chi connectivity index (χ1) is 10.4. The van der Waals surface area contributed by atoms with E-state index in [1.807, 2.05) is 0 Å². The Morgan fingerprint density at radius 3 is 2.55 bits per heavy atom. The van der Waals surface area contributed by atoms with E-state index in [2.05, 4.69) is 4.98 Å². The van der Waals surface area contributed by atoms with Crippen LogP contribution in [0.3, 0.4) is 0 Å². The van der Waals surface area contributed by atoms with Gasteiger partial charge in [-0.2, -0.15) is 0 Å². The number of carbonyl (C=O) groups is 2. The van der Waals surface area contributed by atoms with E-state index < -0.39 is 18.0 Å². The van der Waals surface area contributed by atoms with E-state index in [9.17, 15) is 14.0 Å². The first-order valence-corrected chi connectivity index (χ1v) is 7.54. The number of hydrogen-bond acceptors (Lipinski definition) is 5. The third kappa shape index (κ3) is 3.28. The second kappa shape index (κ2) is 6.61. The van der Waals surface area contributed by atoms with Crippen LogP contribution in [0.25, 0.3) is 5.69 Å². The summed E-state index contributed by atoms with van der Waals surface area (Å²) in [6, 6.07) is 5.59. The highest BCUT2D eigenvalue weighted by atomic mass is 32.2. The van der Waals surface area contributed by atoms with Crippen LogP contribution >= 0.6 is 11.8 Å². The normalized spacial score (nSPS) is 12.0. The number of esters is 1. The molecule has 0 saturated heterocycles. The van der Waals surface area contributed by atoms with Gasteiger partial charge >= 0.3 is 5.97 Å². The molecular formula is C14H14FN3O3S. The summed E-state index contributed by atoms with van der Waals surface area (Å²) >= 11 is 1.32. The summed E-state index contributed by atoms with van der Waals surface area (Å²) in [5.74, 6) is -1.87. The summed E-state index contributed by atoms with van der Waals surface area (Å²) < 4.78 is 19.6. The lowest BCUT2D eigenvalue weighted by Gasteiger charge is -2.12. The molecule has 22 heavy (non-hydrogen) atoms. The predicted octanol–water partition coefficient (Wildman–Crippen LogP) is 1.76. The van der Waals surface area contributed by atoms with Crippen LogP contribution < -0.4 is 5.73 Å². The Hall–Kier alpha value is -2.35. The Labute approximate surface area is 130 Å². The maximum Gasteiger partial charge on any atom is 0.357 e. The molecule has 0 bridgehead atoms. The second-order valence-corrected chi connectivity index (χ2v) is 5.17. The molecule has 0 spiro atoms. The van der Waals surface area contributed by atoms with Crippen LogP contribution in [-0.2, 0) is 9.53 Å². The fourth-order valence-corrected chi connectivity index (χ4v) is 2.29. The van der Waals surface area contributed by atoms with Crippen LogP contribution in [0, 0.1) is 5.82 Å². The first-order valence-electron chi connectivity index (χ1n) is 6.32. The second-order valence-electron chi connectivity index (χ2n) is 4.39. The molecule has 1 atom stereocenters. The minimum Gasteiger partial charge on any atom is -0.448 e. The van der Waals surface area contributed by atoms with Crippen molar-refractivity contribution in [1.82, 2.24) is 9.55 Å². The molecule has 1 aromatic carbocycles. The number of hydrogen-bond donors (Lipinski definition) is 1. The van der Waals surface area contributed by atoms with Crippen molar-refractivity contribution in [1.29, 1.82) is 0 Å². The number of rotatable bonds is 5. The standard InChI is InChI=1S/C14H14FN3O3S/c1-8(12(16)19)21-13(20)11-7-17-14(22-2)18(11)10-5-3-9(15)4-6-10/h3-8H,1-2H3,(H2,16,19)/t8-/m0/s1. The Kier molecular flexibility index (Phi) is 4.81. The van der Waals surface area contributed by atoms with E-state index in [4.69, 9.17) is 10.5 Å². The Morgan fingerprint density at radius 2 is 2.00 bits per heavy atom. The molecule has 8 heteroatoms. The highest BCUT2D eigenvalue weighted by Gasteiger charge is 2.22. The smallest absolute Gasteiger partial charge is 0.357 e. The molecule has 0 fully saturated rings. The molecule has 0 unspecified atom stereocenters. The fraction of sp³-hybridized carbons (Fsp3) is 0.214. The minimum atomic E-state index is -1.05. The molecule has 2 N–H and O–H groups in total. The zero-order valence-electron chi connectivity index (χ0n) is 11.9. The zero-order chi connectivity index (χ0) is 16.3. The molecule has 0 aliphatic carbocycles. The topological polar surface area (TPSA) is 87.2 Å². The highest BCUT2D eigenvalue weighted by molar-refractivity contribution is 7.98. The molecule has 0 radical (unpaired) electrons. The van der Waals surface area contributed by atoms with E-state index in [1.165, 1.54) is 53.7 Å². The molecule has 0 aliphatic rings. The number of carbonyl (C=O) groups excluding carboxylic acids is 2. The maximum absolute atomic E-state index is 13.1. The Bertz CT molecular complexity index is 700. The van der Waals surface area contributed by atoms with Crippen molar-refractivity contribution >= 4 is 23.6 Å². The predicted molar refractivity (Wildman–Crippen MR) is 79.4 cm³/mol. The van der Waals surface area contributed by atoms with E-state index in [-0.39, 0.29) is 11.5 Å². The summed E-state index contributed by atoms with van der Waals surface area (Å²) in [7, 11) is 0. The van der Waals surface area contributed by atoms with Crippen molar-refractivity contribution in [3.8, 4) is 5.69 Å². The van der Waals surface area contributed by atoms with Crippen molar-refractivity contribution in [2.45, 2.75) is 18.2 Å². The number of aromatic nitrogens is 2. The van der Waals surface area contributed by atoms with Gasteiger partial charge in [-0.3, -0.25) is 9.36 Å². The van der Waals surface area contributed by atoms with Crippen LogP contribution in [0.1, 0.15) is 17.4 Å². The van der Waals surface area contributed by atoms with Crippen molar-refractivity contribution < 1.29 is 18.7 Å². The number of ether oxygens (including phenoxy) is 1. The number of nitrogens with zero attached hydrogens (tertiary/aromatic N) is 2. The summed E-state index contributed by atoms with van der Waals surface area (Å²) in [6.45, 7) is 1.38. The summed E-state index contributed by atoms with van der Waals surface area (Å²) in [5.41, 5.74) is 5.76. The summed E-state index contributed by atoms with van der Waals surface area (Å²) in [5, 5.41) is 0.533. The van der Waals surface area contributed by atoms with Crippen LogP contribution in [0.15, 0.2) is 35.6 Å². The van der Waals surface area contributed by atoms with Crippen LogP contribution in [0.4, 0.5) is 4.39 Å². The summed E-state index contributed by atoms with van der Waals surface area (Å²) in [4.78, 5) is 27.3. The van der Waals surface area contributed by atoms with Crippen LogP contribution in [0.5, 0.6) is 0 Å². The molecule has 0 aliphatic heterocycles. The lowest BCUT2D eigenvalue weighted by Crippen LogP contribution is -2.31. The Balaban J connectivity index is 2.41. The van der Waals surface area contributed by atoms with Crippen LogP contribution in [0.2, 0.25) is 0 Å². The SMILES string of the molecule is CSc1ncc(C(=O)O[C@@H](C)C(N)=O)n1-c1ccc(F)cc1. The van der Waals surface area contributed by atoms with Crippen molar-refractivity contribution in [3.05, 3.63) is 42.0 Å². The minimum absolute atomic E-state index is 0.129. The number of amides is 1. The van der Waals surface area contributed by atoms with Gasteiger partial charge in [0.15, 0.2) is 17.0 Å². The number of nitrogens with two attached hydrogens (primary N) is 1. The molecule has 116 valence electrons. The van der Waals surface area contributed by atoms with Gasteiger partial charge in [0.05, 0.1) is 6.20 Å². The third-order valence-corrected chi connectivity index (χ3v) is 3.54. The zero-order valence-corrected chi connectivity index (χ0v) is 12.8. The van der Waals surface area contributed by atoms with Gasteiger partial charge in [0.25, 0.3) is 5.91 Å². The van der Waals surface area contributed by atoms with Crippen molar-refractivity contribution in [2.24, 2.45) is 5.73 Å². The van der Waals surface area contributed by atoms with Gasteiger partial charge < -0.3 is 10.5 Å². The average molecular weight is 323 g/mol. The van der Waals surface area contributed by atoms with E-state index in [1.54, 1.807) is 6.26 Å². The van der Waals surface area contributed by atoms with Gasteiger partial charge in [-0.1, -0.05) is 11.8 Å². The van der Waals surface area contributed by atoms with Crippen molar-refractivity contribution in [2.75, 3.05) is 6.26 Å². The quantitative estimate of drug-likeness (QED) is 0.669. The number of thioether (sulfide) groups is 1. The van der Waals surface area contributed by atoms with E-state index in [0.717, 1.165) is 0 Å². The molecule has 2 aromatic rings. The van der Waals surface area contributed by atoms with Gasteiger partial charge in [0.1, 0.15) is 5.82 Å². The Morgan fingerprint density at radius 1 is 1.36 bits per heavy atom. The molecule has 1 amide bonds. The van der Waals surface area contributed by atoms with Gasteiger partial charge in [0.2, 0.25) is 0 Å². The van der Waals surface area contributed by atoms with E-state index in [0.29, 0.717) is 10.8 Å². The monoisotopic (exact) mass is 323 g/mol. The van der Waals surface area contributed by atoms with Gasteiger partial charge in [-0.15, -0.1) is 0 Å². The van der Waals surface area contributed by atoms with Crippen molar-refractivity contribution in [3.63, 3.8) is 0 Å². The van der Waals surface area contributed by atoms with Gasteiger partial charge in [0, 0.05) is 5.69 Å².